The summed E-state index contributed by atoms with van der Waals surface area (Å²) in [6.07, 6.45) is 9.03. The molecule has 1 N–H and O–H groups in total. The lowest BCUT2D eigenvalue weighted by molar-refractivity contribution is 0.208. The quantitative estimate of drug-likeness (QED) is 0.780. The second kappa shape index (κ2) is 9.03. The van der Waals surface area contributed by atoms with E-state index < -0.39 is 0 Å². The third kappa shape index (κ3) is 5.45. The molecule has 2 amide bonds. The van der Waals surface area contributed by atoms with Crippen LogP contribution >= 0.6 is 0 Å². The monoisotopic (exact) mass is 363 g/mol. The number of carbonyl (C=O) groups is 1. The Kier molecular flexibility index (Phi) is 6.26. The van der Waals surface area contributed by atoms with Crippen molar-refractivity contribution in [3.63, 3.8) is 0 Å². The number of carbonyl (C=O) groups excluding carboxylic acids is 1. The minimum atomic E-state index is -0.0733. The van der Waals surface area contributed by atoms with Gasteiger partial charge in [-0.2, -0.15) is 0 Å². The molecule has 27 heavy (non-hydrogen) atoms. The fourth-order valence-electron chi connectivity index (χ4n) is 2.96. The van der Waals surface area contributed by atoms with E-state index in [-0.39, 0.29) is 12.1 Å². The first-order chi connectivity index (χ1) is 13.1. The van der Waals surface area contributed by atoms with Gasteiger partial charge in [0.05, 0.1) is 11.9 Å². The minimum Gasteiger partial charge on any atom is -0.487 e. The van der Waals surface area contributed by atoms with Gasteiger partial charge in [-0.1, -0.05) is 36.4 Å². The number of nitrogens with one attached hydrogen (secondary N) is 1. The SMILES string of the molecule is C=CC(C)Oc1cccc(C=C2CCN(C(=O)Nc3cccnc3)CC2)c1. The number of piperidine rings is 1. The molecule has 0 saturated carbocycles. The third-order valence-corrected chi connectivity index (χ3v) is 4.49. The second-order valence-electron chi connectivity index (χ2n) is 6.59. The maximum Gasteiger partial charge on any atom is 0.321 e. The number of anilines is 1. The van der Waals surface area contributed by atoms with Crippen molar-refractivity contribution in [1.82, 2.24) is 9.88 Å². The van der Waals surface area contributed by atoms with Crippen molar-refractivity contribution in [2.75, 3.05) is 18.4 Å². The molecule has 5 nitrogen and oxygen atoms in total. The highest BCUT2D eigenvalue weighted by Gasteiger charge is 2.19. The average Bonchev–Trinajstić information content (AvgIpc) is 2.69. The van der Waals surface area contributed by atoms with Crippen molar-refractivity contribution in [1.29, 1.82) is 0 Å². The van der Waals surface area contributed by atoms with Crippen LogP contribution in [0.2, 0.25) is 0 Å². The molecule has 5 heteroatoms. The van der Waals surface area contributed by atoms with E-state index >= 15 is 0 Å². The van der Waals surface area contributed by atoms with E-state index in [1.165, 1.54) is 5.57 Å². The van der Waals surface area contributed by atoms with Crippen LogP contribution in [0.1, 0.15) is 25.3 Å². The van der Waals surface area contributed by atoms with Gasteiger partial charge in [0.25, 0.3) is 0 Å². The van der Waals surface area contributed by atoms with Gasteiger partial charge in [0, 0.05) is 19.3 Å². The Labute approximate surface area is 160 Å². The number of aromatic nitrogens is 1. The molecule has 2 aromatic rings. The highest BCUT2D eigenvalue weighted by molar-refractivity contribution is 5.89. The molecule has 1 aliphatic rings. The van der Waals surface area contributed by atoms with Crippen LogP contribution < -0.4 is 10.1 Å². The maximum atomic E-state index is 12.4. The molecule has 140 valence electrons. The van der Waals surface area contributed by atoms with E-state index in [4.69, 9.17) is 4.74 Å². The Morgan fingerprint density at radius 1 is 1.30 bits per heavy atom. The standard InChI is InChI=1S/C22H25N3O2/c1-3-17(2)27-21-8-4-6-19(15-21)14-18-9-12-25(13-10-18)22(26)24-20-7-5-11-23-16-20/h3-8,11,14-17H,1,9-10,12-13H2,2H3,(H,24,26). The lowest BCUT2D eigenvalue weighted by atomic mass is 10.0. The predicted molar refractivity (Wildman–Crippen MR) is 109 cm³/mol. The molecule has 1 fully saturated rings. The van der Waals surface area contributed by atoms with Gasteiger partial charge in [0.2, 0.25) is 0 Å². The van der Waals surface area contributed by atoms with Crippen molar-refractivity contribution >= 4 is 17.8 Å². The molecule has 3 rings (SSSR count). The van der Waals surface area contributed by atoms with Gasteiger partial charge < -0.3 is 15.0 Å². The van der Waals surface area contributed by atoms with Gasteiger partial charge in [0.1, 0.15) is 11.9 Å². The Morgan fingerprint density at radius 2 is 2.11 bits per heavy atom. The first kappa shape index (κ1) is 18.7. The van der Waals surface area contributed by atoms with Crippen LogP contribution in [0.15, 0.2) is 67.0 Å². The zero-order valence-corrected chi connectivity index (χ0v) is 15.6. The summed E-state index contributed by atoms with van der Waals surface area (Å²) >= 11 is 0. The van der Waals surface area contributed by atoms with Gasteiger partial charge in [0.15, 0.2) is 0 Å². The zero-order valence-electron chi connectivity index (χ0n) is 15.6. The number of rotatable bonds is 5. The largest absolute Gasteiger partial charge is 0.487 e. The second-order valence-corrected chi connectivity index (χ2v) is 6.59. The van der Waals surface area contributed by atoms with Gasteiger partial charge in [-0.15, -0.1) is 0 Å². The van der Waals surface area contributed by atoms with Crippen LogP contribution in [0, 0.1) is 0 Å². The Bertz CT molecular complexity index is 807. The van der Waals surface area contributed by atoms with Crippen molar-refractivity contribution in [2.45, 2.75) is 25.9 Å². The van der Waals surface area contributed by atoms with Crippen LogP contribution in [0.4, 0.5) is 10.5 Å². The Morgan fingerprint density at radius 3 is 2.81 bits per heavy atom. The van der Waals surface area contributed by atoms with Crippen LogP contribution in [-0.4, -0.2) is 35.1 Å². The molecule has 1 aromatic carbocycles. The van der Waals surface area contributed by atoms with Crippen LogP contribution in [0.25, 0.3) is 6.08 Å². The van der Waals surface area contributed by atoms with Gasteiger partial charge >= 0.3 is 6.03 Å². The van der Waals surface area contributed by atoms with Gasteiger partial charge in [-0.25, -0.2) is 4.79 Å². The summed E-state index contributed by atoms with van der Waals surface area (Å²) in [5.74, 6) is 0.838. The Hall–Kier alpha value is -3.08. The molecule has 1 saturated heterocycles. The van der Waals surface area contributed by atoms with E-state index in [9.17, 15) is 4.79 Å². The number of nitrogens with zero attached hydrogens (tertiary/aromatic N) is 2. The van der Waals surface area contributed by atoms with Crippen molar-refractivity contribution in [3.8, 4) is 5.75 Å². The highest BCUT2D eigenvalue weighted by atomic mass is 16.5. The first-order valence-corrected chi connectivity index (χ1v) is 9.19. The molecule has 0 aliphatic carbocycles. The lowest BCUT2D eigenvalue weighted by Crippen LogP contribution is -2.39. The molecule has 0 radical (unpaired) electrons. The van der Waals surface area contributed by atoms with Crippen LogP contribution in [0.5, 0.6) is 5.75 Å². The predicted octanol–water partition coefficient (Wildman–Crippen LogP) is 4.75. The number of pyridine rings is 1. The summed E-state index contributed by atoms with van der Waals surface area (Å²) in [5, 5.41) is 2.89. The van der Waals surface area contributed by atoms with E-state index in [1.54, 1.807) is 24.5 Å². The molecular weight excluding hydrogens is 338 g/mol. The minimum absolute atomic E-state index is 0.0190. The van der Waals surface area contributed by atoms with E-state index in [0.29, 0.717) is 13.1 Å². The summed E-state index contributed by atoms with van der Waals surface area (Å²) < 4.78 is 5.78. The molecule has 1 aromatic heterocycles. The van der Waals surface area contributed by atoms with Crippen molar-refractivity contribution < 1.29 is 9.53 Å². The van der Waals surface area contributed by atoms with E-state index in [2.05, 4.69) is 29.0 Å². The number of ether oxygens (including phenoxy) is 1. The maximum absolute atomic E-state index is 12.4. The van der Waals surface area contributed by atoms with Gasteiger partial charge in [-0.3, -0.25) is 4.98 Å². The summed E-state index contributed by atoms with van der Waals surface area (Å²) in [4.78, 5) is 18.2. The normalized spacial score (nSPS) is 15.0. The number of amides is 2. The fraction of sp³-hybridized carbons (Fsp3) is 0.273. The number of urea groups is 1. The van der Waals surface area contributed by atoms with Crippen LogP contribution in [0.3, 0.4) is 0 Å². The number of hydrogen-bond acceptors (Lipinski definition) is 3. The Balaban J connectivity index is 1.56. The summed E-state index contributed by atoms with van der Waals surface area (Å²) in [7, 11) is 0. The molecule has 2 heterocycles. The smallest absolute Gasteiger partial charge is 0.321 e. The fourth-order valence-corrected chi connectivity index (χ4v) is 2.96. The van der Waals surface area contributed by atoms with Crippen molar-refractivity contribution in [2.24, 2.45) is 0 Å². The number of likely N-dealkylation sites (tertiary alicyclic amines) is 1. The average molecular weight is 363 g/mol. The first-order valence-electron chi connectivity index (χ1n) is 9.19. The molecule has 1 atom stereocenters. The molecular formula is C22H25N3O2. The highest BCUT2D eigenvalue weighted by Crippen LogP contribution is 2.23. The molecule has 1 aliphatic heterocycles. The van der Waals surface area contributed by atoms with Gasteiger partial charge in [-0.05, 0) is 49.6 Å². The number of hydrogen-bond donors (Lipinski definition) is 1. The molecule has 0 spiro atoms. The van der Waals surface area contributed by atoms with E-state index in [1.807, 2.05) is 36.1 Å². The summed E-state index contributed by atoms with van der Waals surface area (Å²) in [6, 6.07) is 11.6. The summed E-state index contributed by atoms with van der Waals surface area (Å²) in [6.45, 7) is 7.13. The number of benzene rings is 1. The summed E-state index contributed by atoms with van der Waals surface area (Å²) in [5.41, 5.74) is 3.18. The van der Waals surface area contributed by atoms with Crippen LogP contribution in [-0.2, 0) is 0 Å². The molecule has 0 bridgehead atoms. The van der Waals surface area contributed by atoms with Crippen molar-refractivity contribution in [3.05, 3.63) is 72.6 Å². The zero-order chi connectivity index (χ0) is 19.1. The lowest BCUT2D eigenvalue weighted by Gasteiger charge is -2.28. The molecule has 1 unspecified atom stereocenters. The van der Waals surface area contributed by atoms with E-state index in [0.717, 1.165) is 29.8 Å². The topological polar surface area (TPSA) is 54.5 Å². The third-order valence-electron chi connectivity index (χ3n) is 4.49.